The van der Waals surface area contributed by atoms with E-state index in [0.29, 0.717) is 23.5 Å². The number of nitrogens with two attached hydrogens (primary N) is 1. The Bertz CT molecular complexity index is 676. The number of fused-ring (bicyclic) bond motifs is 1. The summed E-state index contributed by atoms with van der Waals surface area (Å²) in [5.74, 6) is -0.514. The minimum atomic E-state index is -0.491. The first-order valence-corrected chi connectivity index (χ1v) is 7.10. The molecule has 3 N–H and O–H groups in total. The maximum Gasteiger partial charge on any atom is 0.253 e. The van der Waals surface area contributed by atoms with Gasteiger partial charge in [0.05, 0.1) is 11.1 Å². The van der Waals surface area contributed by atoms with Crippen LogP contribution in [0.4, 0.5) is 4.39 Å². The molecule has 1 heterocycles. The van der Waals surface area contributed by atoms with Gasteiger partial charge in [0.2, 0.25) is 0 Å². The largest absolute Gasteiger partial charge is 0.349 e. The van der Waals surface area contributed by atoms with Gasteiger partial charge >= 0.3 is 0 Å². The smallest absolute Gasteiger partial charge is 0.253 e. The third-order valence-corrected chi connectivity index (χ3v) is 4.06. The fourth-order valence-corrected chi connectivity index (χ4v) is 2.97. The minimum Gasteiger partial charge on any atom is -0.349 e. The summed E-state index contributed by atoms with van der Waals surface area (Å²) in [6.07, 6.45) is 5.95. The van der Waals surface area contributed by atoms with Gasteiger partial charge in [0.1, 0.15) is 11.3 Å². The Balaban J connectivity index is 1.91. The second-order valence-corrected chi connectivity index (χ2v) is 5.38. The number of benzene rings is 1. The summed E-state index contributed by atoms with van der Waals surface area (Å²) in [6.45, 7) is 0.550. The van der Waals surface area contributed by atoms with Crippen molar-refractivity contribution in [3.63, 3.8) is 0 Å². The molecule has 1 amide bonds. The molecule has 0 bridgehead atoms. The molecule has 0 aliphatic heterocycles. The Morgan fingerprint density at radius 3 is 2.95 bits per heavy atom. The molecule has 0 spiro atoms. The summed E-state index contributed by atoms with van der Waals surface area (Å²) in [4.78, 5) is 20.6. The number of aromatic nitrogens is 2. The second-order valence-electron chi connectivity index (χ2n) is 5.38. The molecule has 2 atom stereocenters. The van der Waals surface area contributed by atoms with Gasteiger partial charge < -0.3 is 11.1 Å². The van der Waals surface area contributed by atoms with Crippen LogP contribution >= 0.6 is 0 Å². The second kappa shape index (κ2) is 5.73. The molecule has 1 aliphatic rings. The number of rotatable bonds is 3. The van der Waals surface area contributed by atoms with Crippen LogP contribution in [-0.4, -0.2) is 28.5 Å². The highest BCUT2D eigenvalue weighted by Gasteiger charge is 2.28. The number of carbonyl (C=O) groups excluding carboxylic acids is 1. The van der Waals surface area contributed by atoms with E-state index in [1.54, 1.807) is 0 Å². The summed E-state index contributed by atoms with van der Waals surface area (Å²) in [6, 6.07) is 2.54. The average molecular weight is 288 g/mol. The van der Waals surface area contributed by atoms with Crippen molar-refractivity contribution in [1.29, 1.82) is 0 Å². The number of hydrogen-bond donors (Lipinski definition) is 2. The quantitative estimate of drug-likeness (QED) is 0.899. The van der Waals surface area contributed by atoms with Crippen LogP contribution in [0.3, 0.4) is 0 Å². The highest BCUT2D eigenvalue weighted by atomic mass is 19.1. The summed E-state index contributed by atoms with van der Waals surface area (Å²) >= 11 is 0. The Labute approximate surface area is 121 Å². The van der Waals surface area contributed by atoms with Crippen molar-refractivity contribution in [2.45, 2.75) is 25.3 Å². The molecule has 1 aliphatic carbocycles. The molecule has 6 heteroatoms. The van der Waals surface area contributed by atoms with Gasteiger partial charge in [0, 0.05) is 24.5 Å². The number of hydrogen-bond acceptors (Lipinski definition) is 4. The lowest BCUT2D eigenvalue weighted by molar-refractivity contribution is 0.0930. The van der Waals surface area contributed by atoms with E-state index in [-0.39, 0.29) is 17.5 Å². The number of amides is 1. The van der Waals surface area contributed by atoms with Crippen LogP contribution in [0.25, 0.3) is 11.0 Å². The van der Waals surface area contributed by atoms with Gasteiger partial charge in [-0.25, -0.2) is 4.39 Å². The first-order valence-electron chi connectivity index (χ1n) is 7.10. The highest BCUT2D eigenvalue weighted by molar-refractivity contribution is 6.04. The zero-order valence-electron chi connectivity index (χ0n) is 11.6. The lowest BCUT2D eigenvalue weighted by Gasteiger charge is -2.19. The van der Waals surface area contributed by atoms with Gasteiger partial charge in [0.15, 0.2) is 0 Å². The van der Waals surface area contributed by atoms with E-state index in [0.717, 1.165) is 19.3 Å². The van der Waals surface area contributed by atoms with Gasteiger partial charge in [0.25, 0.3) is 5.91 Å². The van der Waals surface area contributed by atoms with Crippen molar-refractivity contribution >= 4 is 16.9 Å². The van der Waals surface area contributed by atoms with Crippen molar-refractivity contribution in [3.8, 4) is 0 Å². The molecule has 5 nitrogen and oxygen atoms in total. The molecule has 0 radical (unpaired) electrons. The van der Waals surface area contributed by atoms with E-state index in [9.17, 15) is 9.18 Å². The third kappa shape index (κ3) is 2.71. The van der Waals surface area contributed by atoms with Crippen LogP contribution in [0.5, 0.6) is 0 Å². The monoisotopic (exact) mass is 288 g/mol. The molecular weight excluding hydrogens is 271 g/mol. The van der Waals surface area contributed by atoms with Crippen molar-refractivity contribution in [2.75, 3.05) is 6.54 Å². The van der Waals surface area contributed by atoms with Gasteiger partial charge in [-0.05, 0) is 31.4 Å². The topological polar surface area (TPSA) is 80.9 Å². The minimum absolute atomic E-state index is 0.0532. The molecule has 0 saturated heterocycles. The van der Waals surface area contributed by atoms with Crippen LogP contribution in [0.1, 0.15) is 29.6 Å². The summed E-state index contributed by atoms with van der Waals surface area (Å²) in [5.41, 5.74) is 6.74. The molecule has 3 rings (SSSR count). The first-order chi connectivity index (χ1) is 10.2. The molecule has 2 aromatic rings. The van der Waals surface area contributed by atoms with Gasteiger partial charge in [-0.15, -0.1) is 0 Å². The lowest BCUT2D eigenvalue weighted by Crippen LogP contribution is -2.40. The number of carbonyl (C=O) groups is 1. The Hall–Kier alpha value is -2.08. The van der Waals surface area contributed by atoms with Crippen molar-refractivity contribution < 1.29 is 9.18 Å². The Morgan fingerprint density at radius 2 is 2.14 bits per heavy atom. The zero-order valence-corrected chi connectivity index (χ0v) is 11.6. The maximum atomic E-state index is 13.6. The predicted octanol–water partition coefficient (Wildman–Crippen LogP) is 1.63. The number of nitrogens with one attached hydrogen (secondary N) is 1. The van der Waals surface area contributed by atoms with E-state index >= 15 is 0 Å². The third-order valence-electron chi connectivity index (χ3n) is 4.06. The van der Waals surface area contributed by atoms with Crippen LogP contribution in [0.15, 0.2) is 24.5 Å². The number of halogens is 1. The molecule has 21 heavy (non-hydrogen) atoms. The summed E-state index contributed by atoms with van der Waals surface area (Å²) < 4.78 is 13.6. The summed E-state index contributed by atoms with van der Waals surface area (Å²) in [7, 11) is 0. The average Bonchev–Trinajstić information content (AvgIpc) is 2.93. The van der Waals surface area contributed by atoms with E-state index in [1.807, 2.05) is 0 Å². The first kappa shape index (κ1) is 13.9. The van der Waals surface area contributed by atoms with Crippen LogP contribution in [-0.2, 0) is 0 Å². The van der Waals surface area contributed by atoms with E-state index in [1.165, 1.54) is 24.5 Å². The zero-order chi connectivity index (χ0) is 14.8. The lowest BCUT2D eigenvalue weighted by atomic mass is 10.0. The predicted molar refractivity (Wildman–Crippen MR) is 77.1 cm³/mol. The molecular formula is C15H17FN4O. The van der Waals surface area contributed by atoms with Gasteiger partial charge in [-0.1, -0.05) is 6.42 Å². The van der Waals surface area contributed by atoms with E-state index in [2.05, 4.69) is 15.3 Å². The molecule has 1 saturated carbocycles. The van der Waals surface area contributed by atoms with Gasteiger partial charge in [-0.3, -0.25) is 14.8 Å². The van der Waals surface area contributed by atoms with Crippen molar-refractivity contribution in [2.24, 2.45) is 11.7 Å². The highest BCUT2D eigenvalue weighted by Crippen LogP contribution is 2.25. The molecule has 2 unspecified atom stereocenters. The van der Waals surface area contributed by atoms with Gasteiger partial charge in [-0.2, -0.15) is 0 Å². The Kier molecular flexibility index (Phi) is 3.79. The van der Waals surface area contributed by atoms with Crippen LogP contribution in [0, 0.1) is 11.7 Å². The van der Waals surface area contributed by atoms with E-state index < -0.39 is 5.82 Å². The number of nitrogens with zero attached hydrogens (tertiary/aromatic N) is 2. The molecule has 1 aromatic heterocycles. The normalized spacial score (nSPS) is 21.6. The fourth-order valence-electron chi connectivity index (χ4n) is 2.97. The van der Waals surface area contributed by atoms with Crippen LogP contribution < -0.4 is 11.1 Å². The molecule has 110 valence electrons. The van der Waals surface area contributed by atoms with E-state index in [4.69, 9.17) is 5.73 Å². The fraction of sp³-hybridized carbons (Fsp3) is 0.400. The standard InChI is InChI=1S/C15H17FN4O/c16-10-6-11(14-13(7-10)18-4-5-19-14)15(21)20-12-3-1-2-9(12)8-17/h4-7,9,12H,1-3,8,17H2,(H,20,21). The van der Waals surface area contributed by atoms with Crippen molar-refractivity contribution in [3.05, 3.63) is 35.9 Å². The maximum absolute atomic E-state index is 13.6. The summed E-state index contributed by atoms with van der Waals surface area (Å²) in [5, 5.41) is 2.96. The van der Waals surface area contributed by atoms with Crippen LogP contribution in [0.2, 0.25) is 0 Å². The molecule has 1 aromatic carbocycles. The SMILES string of the molecule is NCC1CCCC1NC(=O)c1cc(F)cc2nccnc12. The van der Waals surface area contributed by atoms with Crippen molar-refractivity contribution in [1.82, 2.24) is 15.3 Å². The molecule has 1 fully saturated rings. The Morgan fingerprint density at radius 1 is 1.33 bits per heavy atom.